The molecule has 0 aliphatic heterocycles. The van der Waals surface area contributed by atoms with Gasteiger partial charge in [-0.2, -0.15) is 5.10 Å². The Morgan fingerprint density at radius 2 is 2.09 bits per heavy atom. The van der Waals surface area contributed by atoms with Crippen LogP contribution >= 0.6 is 23.2 Å². The van der Waals surface area contributed by atoms with E-state index < -0.39 is 0 Å². The summed E-state index contributed by atoms with van der Waals surface area (Å²) in [7, 11) is 0. The molecule has 0 fully saturated rings. The Morgan fingerprint density at radius 3 is 2.95 bits per heavy atom. The lowest BCUT2D eigenvalue weighted by Gasteiger charge is -2.26. The number of halogens is 2. The average Bonchev–Trinajstić information content (AvgIpc) is 2.94. The van der Waals surface area contributed by atoms with Crippen molar-refractivity contribution in [1.82, 2.24) is 20.2 Å². The summed E-state index contributed by atoms with van der Waals surface area (Å²) >= 11 is 12.2. The van der Waals surface area contributed by atoms with E-state index in [9.17, 15) is 0 Å². The number of nitrogens with one attached hydrogen (secondary N) is 1. The van der Waals surface area contributed by atoms with E-state index in [1.165, 1.54) is 16.5 Å². The molecule has 2 heterocycles. The Kier molecular flexibility index (Phi) is 3.31. The highest BCUT2D eigenvalue weighted by molar-refractivity contribution is 6.32. The Bertz CT molecular complexity index is 872. The second kappa shape index (κ2) is 5.21. The molecule has 1 unspecified atom stereocenters. The zero-order valence-electron chi connectivity index (χ0n) is 12.0. The molecule has 2 aromatic heterocycles. The molecule has 22 heavy (non-hydrogen) atoms. The van der Waals surface area contributed by atoms with Gasteiger partial charge in [-0.15, -0.1) is 0 Å². The van der Waals surface area contributed by atoms with Gasteiger partial charge in [0.05, 0.1) is 17.4 Å². The Morgan fingerprint density at radius 1 is 1.23 bits per heavy atom. The molecule has 0 amide bonds. The number of fused-ring (bicyclic) bond motifs is 2. The van der Waals surface area contributed by atoms with Gasteiger partial charge in [0, 0.05) is 10.9 Å². The molecule has 0 spiro atoms. The first-order chi connectivity index (χ1) is 10.6. The molecule has 3 aromatic rings. The lowest BCUT2D eigenvalue weighted by atomic mass is 9.80. The van der Waals surface area contributed by atoms with Crippen molar-refractivity contribution in [3.8, 4) is 0 Å². The van der Waals surface area contributed by atoms with Gasteiger partial charge >= 0.3 is 0 Å². The molecule has 1 N–H and O–H groups in total. The first-order valence-electron chi connectivity index (χ1n) is 7.27. The fourth-order valence-corrected chi connectivity index (χ4v) is 3.99. The van der Waals surface area contributed by atoms with Gasteiger partial charge in [-0.1, -0.05) is 17.7 Å². The van der Waals surface area contributed by atoms with E-state index in [1.807, 2.05) is 6.20 Å². The van der Waals surface area contributed by atoms with E-state index in [4.69, 9.17) is 23.2 Å². The molecule has 4 rings (SSSR count). The summed E-state index contributed by atoms with van der Waals surface area (Å²) in [6.45, 7) is 2.15. The van der Waals surface area contributed by atoms with Crippen molar-refractivity contribution < 1.29 is 0 Å². The van der Waals surface area contributed by atoms with Crippen molar-refractivity contribution >= 4 is 34.1 Å². The van der Waals surface area contributed by atoms with Crippen molar-refractivity contribution in [2.75, 3.05) is 0 Å². The molecule has 1 aliphatic carbocycles. The number of benzene rings is 1. The highest BCUT2D eigenvalue weighted by Crippen LogP contribution is 2.38. The van der Waals surface area contributed by atoms with Gasteiger partial charge in [-0.05, 0) is 60.9 Å². The topological polar surface area (TPSA) is 54.5 Å². The van der Waals surface area contributed by atoms with Gasteiger partial charge in [-0.25, -0.2) is 9.97 Å². The highest BCUT2D eigenvalue weighted by Gasteiger charge is 2.26. The second-order valence-corrected chi connectivity index (χ2v) is 6.47. The molecule has 6 heteroatoms. The summed E-state index contributed by atoms with van der Waals surface area (Å²) in [5.41, 5.74) is 5.72. The first-order valence-corrected chi connectivity index (χ1v) is 8.02. The third-order valence-electron chi connectivity index (χ3n) is 4.49. The molecule has 1 atom stereocenters. The van der Waals surface area contributed by atoms with Crippen LogP contribution in [-0.2, 0) is 12.8 Å². The van der Waals surface area contributed by atoms with Crippen LogP contribution in [0.5, 0.6) is 0 Å². The zero-order chi connectivity index (χ0) is 15.3. The Balaban J connectivity index is 1.81. The van der Waals surface area contributed by atoms with Gasteiger partial charge in [0.25, 0.3) is 0 Å². The summed E-state index contributed by atoms with van der Waals surface area (Å²) in [5.74, 6) is 0.399. The van der Waals surface area contributed by atoms with Crippen LogP contribution in [0.15, 0.2) is 18.3 Å². The standard InChI is InChI=1S/C16H14Cl2N4/c1-8-2-5-12-11(7-19-22-12)14(8)9-3-4-10-13(6-9)20-16(18)21-15(10)17/h2,5,7,9H,3-4,6H2,1H3,(H,19,22). The molecule has 0 saturated carbocycles. The van der Waals surface area contributed by atoms with Crippen molar-refractivity contribution in [1.29, 1.82) is 0 Å². The minimum atomic E-state index is 0.225. The number of nitrogens with zero attached hydrogens (tertiary/aromatic N) is 3. The van der Waals surface area contributed by atoms with E-state index in [0.717, 1.165) is 36.0 Å². The van der Waals surface area contributed by atoms with E-state index in [-0.39, 0.29) is 5.28 Å². The molecule has 1 aromatic carbocycles. The van der Waals surface area contributed by atoms with E-state index in [0.29, 0.717) is 11.1 Å². The summed E-state index contributed by atoms with van der Waals surface area (Å²) in [5, 5.41) is 9.13. The molecule has 1 aliphatic rings. The fourth-order valence-electron chi connectivity index (χ4n) is 3.48. The van der Waals surface area contributed by atoms with Crippen LogP contribution in [0, 0.1) is 6.92 Å². The van der Waals surface area contributed by atoms with Crippen LogP contribution < -0.4 is 0 Å². The predicted molar refractivity (Wildman–Crippen MR) is 87.6 cm³/mol. The lowest BCUT2D eigenvalue weighted by molar-refractivity contribution is 0.571. The van der Waals surface area contributed by atoms with Crippen LogP contribution in [0.1, 0.15) is 34.7 Å². The van der Waals surface area contributed by atoms with Gasteiger partial charge in [-0.3, -0.25) is 5.10 Å². The number of hydrogen-bond acceptors (Lipinski definition) is 3. The van der Waals surface area contributed by atoms with Crippen LogP contribution in [0.4, 0.5) is 0 Å². The van der Waals surface area contributed by atoms with Gasteiger partial charge < -0.3 is 0 Å². The van der Waals surface area contributed by atoms with E-state index >= 15 is 0 Å². The number of H-pyrrole nitrogens is 1. The normalized spacial score (nSPS) is 17.7. The van der Waals surface area contributed by atoms with E-state index in [2.05, 4.69) is 39.2 Å². The van der Waals surface area contributed by atoms with Gasteiger partial charge in [0.1, 0.15) is 5.15 Å². The Labute approximate surface area is 137 Å². The van der Waals surface area contributed by atoms with Crippen LogP contribution in [0.3, 0.4) is 0 Å². The molecule has 4 nitrogen and oxygen atoms in total. The highest BCUT2D eigenvalue weighted by atomic mass is 35.5. The number of aryl methyl sites for hydroxylation is 1. The lowest BCUT2D eigenvalue weighted by Crippen LogP contribution is -2.16. The fraction of sp³-hybridized carbons (Fsp3) is 0.312. The summed E-state index contributed by atoms with van der Waals surface area (Å²) in [6, 6.07) is 4.22. The number of hydrogen-bond donors (Lipinski definition) is 1. The SMILES string of the molecule is Cc1ccc2[nH]ncc2c1C1CCc2c(Cl)nc(Cl)nc2C1. The minimum Gasteiger partial charge on any atom is -0.278 e. The van der Waals surface area contributed by atoms with Crippen molar-refractivity contribution in [2.45, 2.75) is 32.1 Å². The summed E-state index contributed by atoms with van der Waals surface area (Å²) < 4.78 is 0. The van der Waals surface area contributed by atoms with Crippen molar-refractivity contribution in [3.63, 3.8) is 0 Å². The monoisotopic (exact) mass is 332 g/mol. The van der Waals surface area contributed by atoms with Gasteiger partial charge in [0.15, 0.2) is 0 Å². The minimum absolute atomic E-state index is 0.225. The maximum Gasteiger partial charge on any atom is 0.224 e. The van der Waals surface area contributed by atoms with Crippen LogP contribution in [0.2, 0.25) is 10.4 Å². The van der Waals surface area contributed by atoms with Gasteiger partial charge in [0.2, 0.25) is 5.28 Å². The molecular weight excluding hydrogens is 319 g/mol. The smallest absolute Gasteiger partial charge is 0.224 e. The molecular formula is C16H14Cl2N4. The summed E-state index contributed by atoms with van der Waals surface area (Å²) in [6.07, 6.45) is 4.65. The van der Waals surface area contributed by atoms with Crippen molar-refractivity contribution in [2.24, 2.45) is 0 Å². The molecule has 0 bridgehead atoms. The predicted octanol–water partition coefficient (Wildman–Crippen LogP) is 4.24. The zero-order valence-corrected chi connectivity index (χ0v) is 13.5. The number of aromatic nitrogens is 4. The molecule has 0 saturated heterocycles. The van der Waals surface area contributed by atoms with Crippen molar-refractivity contribution in [3.05, 3.63) is 51.2 Å². The maximum atomic E-state index is 6.20. The third-order valence-corrected chi connectivity index (χ3v) is 4.97. The third kappa shape index (κ3) is 2.18. The second-order valence-electron chi connectivity index (χ2n) is 5.78. The maximum absolute atomic E-state index is 6.20. The van der Waals surface area contributed by atoms with Crippen LogP contribution in [-0.4, -0.2) is 20.2 Å². The number of aromatic amines is 1. The Hall–Kier alpha value is -1.65. The molecule has 112 valence electrons. The largest absolute Gasteiger partial charge is 0.278 e. The first kappa shape index (κ1) is 14.0. The van der Waals surface area contributed by atoms with Crippen LogP contribution in [0.25, 0.3) is 10.9 Å². The quantitative estimate of drug-likeness (QED) is 0.535. The van der Waals surface area contributed by atoms with E-state index in [1.54, 1.807) is 0 Å². The average molecular weight is 333 g/mol. The summed E-state index contributed by atoms with van der Waals surface area (Å²) in [4.78, 5) is 8.44. The molecule has 0 radical (unpaired) electrons. The number of rotatable bonds is 1.